The van der Waals surface area contributed by atoms with E-state index in [-0.39, 0.29) is 6.79 Å². The highest BCUT2D eigenvalue weighted by atomic mass is 16.7. The van der Waals surface area contributed by atoms with Gasteiger partial charge in [0.1, 0.15) is 12.4 Å². The summed E-state index contributed by atoms with van der Waals surface area (Å²) in [5, 5.41) is 3.15. The molecule has 0 unspecified atom stereocenters. The van der Waals surface area contributed by atoms with Gasteiger partial charge in [-0.15, -0.1) is 0 Å². The summed E-state index contributed by atoms with van der Waals surface area (Å²) in [6.07, 6.45) is 0. The van der Waals surface area contributed by atoms with E-state index in [0.29, 0.717) is 12.5 Å². The van der Waals surface area contributed by atoms with E-state index in [2.05, 4.69) is 10.3 Å². The van der Waals surface area contributed by atoms with Crippen molar-refractivity contribution in [3.63, 3.8) is 0 Å². The fourth-order valence-electron chi connectivity index (χ4n) is 1.96. The summed E-state index contributed by atoms with van der Waals surface area (Å²) in [7, 11) is 0. The maximum atomic E-state index is 5.69. The van der Waals surface area contributed by atoms with E-state index in [1.165, 1.54) is 0 Å². The number of nitrogens with zero attached hydrogens (tertiary/aromatic N) is 1. The molecular formula is C15H16N2O3. The monoisotopic (exact) mass is 272 g/mol. The summed E-state index contributed by atoms with van der Waals surface area (Å²) in [4.78, 5) is 4.36. The molecule has 104 valence electrons. The van der Waals surface area contributed by atoms with Crippen LogP contribution in [0.5, 0.6) is 17.4 Å². The van der Waals surface area contributed by atoms with Gasteiger partial charge in [0, 0.05) is 12.6 Å². The van der Waals surface area contributed by atoms with Crippen molar-refractivity contribution in [3.05, 3.63) is 42.0 Å². The van der Waals surface area contributed by atoms with E-state index >= 15 is 0 Å². The lowest BCUT2D eigenvalue weighted by Gasteiger charge is -2.08. The minimum Gasteiger partial charge on any atom is -0.473 e. The van der Waals surface area contributed by atoms with Crippen LogP contribution in [0.3, 0.4) is 0 Å². The molecule has 1 aromatic carbocycles. The Morgan fingerprint density at radius 3 is 3.00 bits per heavy atom. The number of anilines is 1. The number of aromatic nitrogens is 1. The number of hydrogen-bond acceptors (Lipinski definition) is 5. The van der Waals surface area contributed by atoms with Crippen LogP contribution in [-0.2, 0) is 6.61 Å². The van der Waals surface area contributed by atoms with Crippen LogP contribution in [-0.4, -0.2) is 18.3 Å². The first-order chi connectivity index (χ1) is 9.85. The highest BCUT2D eigenvalue weighted by molar-refractivity contribution is 5.44. The fourth-order valence-corrected chi connectivity index (χ4v) is 1.96. The van der Waals surface area contributed by atoms with Gasteiger partial charge in [0.15, 0.2) is 11.5 Å². The second kappa shape index (κ2) is 5.69. The van der Waals surface area contributed by atoms with Gasteiger partial charge in [-0.2, -0.15) is 4.98 Å². The number of benzene rings is 1. The molecule has 2 aromatic rings. The maximum absolute atomic E-state index is 5.69. The van der Waals surface area contributed by atoms with Crippen molar-refractivity contribution in [2.24, 2.45) is 0 Å². The summed E-state index contributed by atoms with van der Waals surface area (Å²) in [5.74, 6) is 2.96. The Kier molecular flexibility index (Phi) is 3.58. The minimum atomic E-state index is 0.284. The summed E-state index contributed by atoms with van der Waals surface area (Å²) in [6.45, 7) is 3.59. The third-order valence-corrected chi connectivity index (χ3v) is 2.91. The molecule has 1 aliphatic rings. The Morgan fingerprint density at radius 1 is 1.20 bits per heavy atom. The quantitative estimate of drug-likeness (QED) is 0.907. The largest absolute Gasteiger partial charge is 0.473 e. The van der Waals surface area contributed by atoms with Gasteiger partial charge >= 0.3 is 0 Å². The number of fused-ring (bicyclic) bond motifs is 1. The molecular weight excluding hydrogens is 256 g/mol. The summed E-state index contributed by atoms with van der Waals surface area (Å²) >= 11 is 0. The lowest BCUT2D eigenvalue weighted by atomic mass is 10.2. The van der Waals surface area contributed by atoms with Crippen molar-refractivity contribution >= 4 is 5.82 Å². The molecule has 0 aliphatic carbocycles. The summed E-state index contributed by atoms with van der Waals surface area (Å²) in [5.41, 5.74) is 1.02. The molecule has 5 nitrogen and oxygen atoms in total. The molecule has 20 heavy (non-hydrogen) atoms. The number of rotatable bonds is 5. The van der Waals surface area contributed by atoms with Crippen molar-refractivity contribution in [3.8, 4) is 17.4 Å². The Balaban J connectivity index is 1.65. The molecule has 0 saturated carbocycles. The van der Waals surface area contributed by atoms with Gasteiger partial charge in [-0.25, -0.2) is 0 Å². The van der Waals surface area contributed by atoms with Crippen LogP contribution in [0.1, 0.15) is 12.5 Å². The molecule has 2 heterocycles. The molecule has 0 atom stereocenters. The van der Waals surface area contributed by atoms with Crippen LogP contribution in [0.2, 0.25) is 0 Å². The number of hydrogen-bond donors (Lipinski definition) is 1. The fraction of sp³-hybridized carbons (Fsp3) is 0.267. The van der Waals surface area contributed by atoms with Crippen molar-refractivity contribution in [1.82, 2.24) is 4.98 Å². The van der Waals surface area contributed by atoms with Crippen LogP contribution in [0.15, 0.2) is 36.4 Å². The Morgan fingerprint density at radius 2 is 2.10 bits per heavy atom. The van der Waals surface area contributed by atoms with Crippen molar-refractivity contribution in [1.29, 1.82) is 0 Å². The third-order valence-electron chi connectivity index (χ3n) is 2.91. The summed E-state index contributed by atoms with van der Waals surface area (Å²) < 4.78 is 16.3. The van der Waals surface area contributed by atoms with Crippen LogP contribution in [0, 0.1) is 0 Å². The predicted molar refractivity (Wildman–Crippen MR) is 75.3 cm³/mol. The Hall–Kier alpha value is -2.43. The van der Waals surface area contributed by atoms with Gasteiger partial charge in [-0.05, 0) is 30.7 Å². The molecule has 0 saturated heterocycles. The average molecular weight is 272 g/mol. The SMILES string of the molecule is CCNc1cccc(OCc2ccc3c(c2)OCO3)n1. The molecule has 1 N–H and O–H groups in total. The highest BCUT2D eigenvalue weighted by Gasteiger charge is 2.13. The number of pyridine rings is 1. The van der Waals surface area contributed by atoms with Crippen molar-refractivity contribution in [2.45, 2.75) is 13.5 Å². The van der Waals surface area contributed by atoms with Gasteiger partial charge in [0.05, 0.1) is 0 Å². The molecule has 0 amide bonds. The highest BCUT2D eigenvalue weighted by Crippen LogP contribution is 2.32. The molecule has 0 fully saturated rings. The Labute approximate surface area is 117 Å². The Bertz CT molecular complexity index is 601. The van der Waals surface area contributed by atoms with Gasteiger partial charge in [0.25, 0.3) is 0 Å². The van der Waals surface area contributed by atoms with Crippen LogP contribution in [0.4, 0.5) is 5.82 Å². The lowest BCUT2D eigenvalue weighted by molar-refractivity contribution is 0.174. The molecule has 5 heteroatoms. The smallest absolute Gasteiger partial charge is 0.231 e. The van der Waals surface area contributed by atoms with E-state index in [4.69, 9.17) is 14.2 Å². The first-order valence-corrected chi connectivity index (χ1v) is 6.57. The van der Waals surface area contributed by atoms with Crippen LogP contribution < -0.4 is 19.5 Å². The molecule has 0 bridgehead atoms. The van der Waals surface area contributed by atoms with Crippen molar-refractivity contribution in [2.75, 3.05) is 18.7 Å². The van der Waals surface area contributed by atoms with E-state index in [1.807, 2.05) is 43.3 Å². The van der Waals surface area contributed by atoms with Gasteiger partial charge in [-0.3, -0.25) is 0 Å². The molecule has 1 aromatic heterocycles. The average Bonchev–Trinajstić information content (AvgIpc) is 2.93. The van der Waals surface area contributed by atoms with Gasteiger partial charge < -0.3 is 19.5 Å². The van der Waals surface area contributed by atoms with Crippen LogP contribution >= 0.6 is 0 Å². The van der Waals surface area contributed by atoms with Crippen molar-refractivity contribution < 1.29 is 14.2 Å². The summed E-state index contributed by atoms with van der Waals surface area (Å²) in [6, 6.07) is 11.5. The second-order valence-electron chi connectivity index (χ2n) is 4.37. The van der Waals surface area contributed by atoms with E-state index in [9.17, 15) is 0 Å². The maximum Gasteiger partial charge on any atom is 0.231 e. The minimum absolute atomic E-state index is 0.284. The molecule has 1 aliphatic heterocycles. The standard InChI is InChI=1S/C15H16N2O3/c1-2-16-14-4-3-5-15(17-14)18-9-11-6-7-12-13(8-11)20-10-19-12/h3-8H,2,9-10H2,1H3,(H,16,17). The first kappa shape index (κ1) is 12.6. The first-order valence-electron chi connectivity index (χ1n) is 6.57. The van der Waals surface area contributed by atoms with Gasteiger partial charge in [0.2, 0.25) is 12.7 Å². The lowest BCUT2D eigenvalue weighted by Crippen LogP contribution is -2.02. The number of ether oxygens (including phenoxy) is 3. The van der Waals surface area contributed by atoms with E-state index < -0.39 is 0 Å². The van der Waals surface area contributed by atoms with Crippen LogP contribution in [0.25, 0.3) is 0 Å². The van der Waals surface area contributed by atoms with E-state index in [0.717, 1.165) is 29.4 Å². The molecule has 3 rings (SSSR count). The second-order valence-corrected chi connectivity index (χ2v) is 4.37. The normalized spacial score (nSPS) is 12.2. The molecule has 0 radical (unpaired) electrons. The number of nitrogens with one attached hydrogen (secondary N) is 1. The topological polar surface area (TPSA) is 52.6 Å². The van der Waals surface area contributed by atoms with Gasteiger partial charge in [-0.1, -0.05) is 12.1 Å². The third kappa shape index (κ3) is 2.77. The zero-order valence-corrected chi connectivity index (χ0v) is 11.3. The zero-order chi connectivity index (χ0) is 13.8. The zero-order valence-electron chi connectivity index (χ0n) is 11.3. The predicted octanol–water partition coefficient (Wildman–Crippen LogP) is 2.82. The molecule has 0 spiro atoms. The van der Waals surface area contributed by atoms with E-state index in [1.54, 1.807) is 0 Å².